The van der Waals surface area contributed by atoms with Crippen molar-refractivity contribution >= 4 is 16.1 Å². The summed E-state index contributed by atoms with van der Waals surface area (Å²) in [6, 6.07) is 14.7. The summed E-state index contributed by atoms with van der Waals surface area (Å²) < 4.78 is 60.5. The van der Waals surface area contributed by atoms with Gasteiger partial charge in [-0.15, -0.1) is 0 Å². The highest BCUT2D eigenvalue weighted by molar-refractivity contribution is 7.87. The molecule has 0 spiro atoms. The van der Waals surface area contributed by atoms with Crippen LogP contribution in [0.25, 0.3) is 11.1 Å². The Bertz CT molecular complexity index is 783. The summed E-state index contributed by atoms with van der Waals surface area (Å²) in [6.45, 7) is 0. The first-order chi connectivity index (χ1) is 10.7. The number of halogens is 3. The Kier molecular flexibility index (Phi) is 4.71. The van der Waals surface area contributed by atoms with E-state index in [4.69, 9.17) is 0 Å². The van der Waals surface area contributed by atoms with E-state index in [-0.39, 0.29) is 5.56 Å². The van der Waals surface area contributed by atoms with Gasteiger partial charge in [0.15, 0.2) is 0 Å². The van der Waals surface area contributed by atoms with Crippen LogP contribution in [0.2, 0.25) is 0 Å². The first kappa shape index (κ1) is 17.0. The van der Waals surface area contributed by atoms with Crippen molar-refractivity contribution in [2.75, 3.05) is 0 Å². The lowest BCUT2D eigenvalue weighted by molar-refractivity contribution is -0.163. The molecule has 0 aliphatic rings. The van der Waals surface area contributed by atoms with Crippen molar-refractivity contribution in [1.29, 1.82) is 0 Å². The maximum absolute atomic E-state index is 12.0. The van der Waals surface area contributed by atoms with Gasteiger partial charge >= 0.3 is 21.6 Å². The molecule has 0 N–H and O–H groups in total. The van der Waals surface area contributed by atoms with Crippen molar-refractivity contribution in [3.63, 3.8) is 0 Å². The quantitative estimate of drug-likeness (QED) is 0.483. The van der Waals surface area contributed by atoms with E-state index in [1.165, 1.54) is 24.3 Å². The van der Waals surface area contributed by atoms with Gasteiger partial charge in [-0.1, -0.05) is 42.5 Å². The molecule has 2 rings (SSSR count). The standard InChI is InChI=1S/C14H9F3O5S/c15-14(16,17)23(19,20)22-21-13(18)12-8-6-11(7-9-12)10-4-2-1-3-5-10/h1-9H. The molecule has 0 aliphatic heterocycles. The Morgan fingerprint density at radius 3 is 1.91 bits per heavy atom. The molecule has 122 valence electrons. The van der Waals surface area contributed by atoms with Crippen LogP contribution in [-0.2, 0) is 19.3 Å². The Hall–Kier alpha value is -2.39. The van der Waals surface area contributed by atoms with Crippen molar-refractivity contribution in [1.82, 2.24) is 0 Å². The maximum Gasteiger partial charge on any atom is 0.526 e. The monoisotopic (exact) mass is 346 g/mol. The summed E-state index contributed by atoms with van der Waals surface area (Å²) in [7, 11) is -6.00. The molecular weight excluding hydrogens is 337 g/mol. The molecule has 0 fully saturated rings. The summed E-state index contributed by atoms with van der Waals surface area (Å²) in [6.07, 6.45) is 0. The number of carbonyl (C=O) groups excluding carboxylic acids is 1. The fraction of sp³-hybridized carbons (Fsp3) is 0.0714. The molecule has 9 heteroatoms. The third-order valence-electron chi connectivity index (χ3n) is 2.71. The second-order valence-electron chi connectivity index (χ2n) is 4.28. The fourth-order valence-corrected chi connectivity index (χ4v) is 1.82. The zero-order valence-electron chi connectivity index (χ0n) is 11.3. The second kappa shape index (κ2) is 6.39. The summed E-state index contributed by atoms with van der Waals surface area (Å²) in [4.78, 5) is 15.2. The highest BCUT2D eigenvalue weighted by Gasteiger charge is 2.49. The molecule has 0 atom stereocenters. The van der Waals surface area contributed by atoms with E-state index in [0.717, 1.165) is 11.1 Å². The van der Waals surface area contributed by atoms with Gasteiger partial charge in [0.25, 0.3) is 0 Å². The molecule has 0 aliphatic carbocycles. The Balaban J connectivity index is 2.07. The van der Waals surface area contributed by atoms with Crippen molar-refractivity contribution in [3.05, 3.63) is 60.2 Å². The van der Waals surface area contributed by atoms with Gasteiger partial charge in [-0.2, -0.15) is 21.6 Å². The van der Waals surface area contributed by atoms with E-state index in [9.17, 15) is 26.4 Å². The summed E-state index contributed by atoms with van der Waals surface area (Å²) in [5, 5.41) is 0. The van der Waals surface area contributed by atoms with E-state index in [2.05, 4.69) is 9.22 Å². The molecule has 0 saturated heterocycles. The van der Waals surface area contributed by atoms with E-state index in [0.29, 0.717) is 0 Å². The maximum atomic E-state index is 12.0. The minimum absolute atomic E-state index is 0.165. The van der Waals surface area contributed by atoms with E-state index in [1.807, 2.05) is 30.3 Å². The number of rotatable bonds is 4. The van der Waals surface area contributed by atoms with Gasteiger partial charge in [0.1, 0.15) is 0 Å². The van der Waals surface area contributed by atoms with Gasteiger partial charge in [-0.05, 0) is 27.6 Å². The molecule has 2 aromatic carbocycles. The van der Waals surface area contributed by atoms with Crippen LogP contribution in [0.4, 0.5) is 13.2 Å². The van der Waals surface area contributed by atoms with E-state index in [1.54, 1.807) is 0 Å². The summed E-state index contributed by atoms with van der Waals surface area (Å²) >= 11 is 0. The fourth-order valence-electron chi connectivity index (χ4n) is 1.59. The molecular formula is C14H9F3O5S. The van der Waals surface area contributed by atoms with Crippen LogP contribution >= 0.6 is 0 Å². The van der Waals surface area contributed by atoms with Gasteiger partial charge in [0.2, 0.25) is 0 Å². The molecule has 0 radical (unpaired) electrons. The number of carbonyl (C=O) groups is 1. The molecule has 0 bridgehead atoms. The number of hydrogen-bond donors (Lipinski definition) is 0. The van der Waals surface area contributed by atoms with Crippen molar-refractivity contribution in [3.8, 4) is 11.1 Å². The molecule has 5 nitrogen and oxygen atoms in total. The van der Waals surface area contributed by atoms with Crippen molar-refractivity contribution in [2.24, 2.45) is 0 Å². The first-order valence-electron chi connectivity index (χ1n) is 6.08. The number of hydrogen-bond acceptors (Lipinski definition) is 5. The van der Waals surface area contributed by atoms with Crippen LogP contribution in [0.15, 0.2) is 54.6 Å². The van der Waals surface area contributed by atoms with Gasteiger partial charge in [-0.3, -0.25) is 4.89 Å². The van der Waals surface area contributed by atoms with Crippen LogP contribution in [-0.4, -0.2) is 19.9 Å². The smallest absolute Gasteiger partial charge is 0.276 e. The van der Waals surface area contributed by atoms with Crippen LogP contribution in [0.5, 0.6) is 0 Å². The molecule has 0 amide bonds. The van der Waals surface area contributed by atoms with Crippen LogP contribution in [0.1, 0.15) is 10.4 Å². The van der Waals surface area contributed by atoms with E-state index >= 15 is 0 Å². The largest absolute Gasteiger partial charge is 0.526 e. The summed E-state index contributed by atoms with van der Waals surface area (Å²) in [5.74, 6) is -1.36. The highest BCUT2D eigenvalue weighted by Crippen LogP contribution is 2.25. The highest BCUT2D eigenvalue weighted by atomic mass is 32.2. The summed E-state index contributed by atoms with van der Waals surface area (Å²) in [5.41, 5.74) is -4.22. The van der Waals surface area contributed by atoms with E-state index < -0.39 is 21.6 Å². The van der Waals surface area contributed by atoms with Gasteiger partial charge < -0.3 is 0 Å². The Morgan fingerprint density at radius 1 is 0.870 bits per heavy atom. The van der Waals surface area contributed by atoms with Crippen molar-refractivity contribution in [2.45, 2.75) is 5.51 Å². The number of alkyl halides is 3. The lowest BCUT2D eigenvalue weighted by Gasteiger charge is -2.07. The Morgan fingerprint density at radius 2 is 1.39 bits per heavy atom. The predicted octanol–water partition coefficient (Wildman–Crippen LogP) is 3.29. The topological polar surface area (TPSA) is 69.7 Å². The molecule has 0 aromatic heterocycles. The van der Waals surface area contributed by atoms with Crippen LogP contribution in [0.3, 0.4) is 0 Å². The molecule has 2 aromatic rings. The zero-order valence-corrected chi connectivity index (χ0v) is 12.1. The average Bonchev–Trinajstić information content (AvgIpc) is 2.52. The first-order valence-corrected chi connectivity index (χ1v) is 7.49. The van der Waals surface area contributed by atoms with Gasteiger partial charge in [0, 0.05) is 0 Å². The molecule has 0 saturated carbocycles. The zero-order chi connectivity index (χ0) is 17.1. The third kappa shape index (κ3) is 4.08. The predicted molar refractivity (Wildman–Crippen MR) is 73.4 cm³/mol. The minimum atomic E-state index is -6.00. The van der Waals surface area contributed by atoms with Crippen LogP contribution < -0.4 is 0 Å². The average molecular weight is 346 g/mol. The minimum Gasteiger partial charge on any atom is -0.276 e. The van der Waals surface area contributed by atoms with Crippen molar-refractivity contribution < 1.29 is 35.6 Å². The molecule has 23 heavy (non-hydrogen) atoms. The second-order valence-corrected chi connectivity index (χ2v) is 5.79. The Labute approximate surface area is 129 Å². The van der Waals surface area contributed by atoms with Gasteiger partial charge in [0.05, 0.1) is 5.56 Å². The molecule has 0 heterocycles. The normalized spacial score (nSPS) is 12.0. The van der Waals surface area contributed by atoms with Gasteiger partial charge in [-0.25, -0.2) is 4.79 Å². The lowest BCUT2D eigenvalue weighted by atomic mass is 10.0. The third-order valence-corrected chi connectivity index (χ3v) is 3.52. The SMILES string of the molecule is O=C(OOS(=O)(=O)C(F)(F)F)c1ccc(-c2ccccc2)cc1. The lowest BCUT2D eigenvalue weighted by Crippen LogP contribution is -2.26. The number of benzene rings is 2. The van der Waals surface area contributed by atoms with Crippen LogP contribution in [0, 0.1) is 0 Å². The molecule has 0 unspecified atom stereocenters.